The zero-order valence-corrected chi connectivity index (χ0v) is 17.5. The normalized spacial score (nSPS) is 22.4. The quantitative estimate of drug-likeness (QED) is 0.604. The van der Waals surface area contributed by atoms with Crippen molar-refractivity contribution in [2.45, 2.75) is 43.5 Å². The molecule has 2 atom stereocenters. The number of likely N-dealkylation sites (tertiary alicyclic amines) is 1. The maximum Gasteiger partial charge on any atom is 0.410 e. The fraction of sp³-hybridized carbons (Fsp3) is 0.400. The van der Waals surface area contributed by atoms with Gasteiger partial charge in [-0.15, -0.1) is 0 Å². The number of amides is 1. The topological polar surface area (TPSA) is 57.4 Å². The zero-order valence-electron chi connectivity index (χ0n) is 17.5. The van der Waals surface area contributed by atoms with Gasteiger partial charge in [-0.25, -0.2) is 9.18 Å². The Morgan fingerprint density at radius 1 is 1.13 bits per heavy atom. The third-order valence-electron chi connectivity index (χ3n) is 6.62. The second-order valence-electron chi connectivity index (χ2n) is 8.80. The molecule has 2 aromatic carbocycles. The molecule has 6 heteroatoms. The molecule has 1 aliphatic carbocycles. The van der Waals surface area contributed by atoms with E-state index in [1.165, 1.54) is 10.9 Å². The molecular formula is C25H28FN3O2. The molecule has 5 rings (SSSR count). The van der Waals surface area contributed by atoms with Crippen LogP contribution in [-0.2, 0) is 11.3 Å². The Hall–Kier alpha value is -2.86. The summed E-state index contributed by atoms with van der Waals surface area (Å²) in [5, 5.41) is 4.70. The third-order valence-corrected chi connectivity index (χ3v) is 6.62. The van der Waals surface area contributed by atoms with Crippen molar-refractivity contribution in [3.8, 4) is 0 Å². The molecule has 0 bridgehead atoms. The van der Waals surface area contributed by atoms with Gasteiger partial charge in [-0.1, -0.05) is 48.5 Å². The molecule has 1 aromatic heterocycles. The lowest BCUT2D eigenvalue weighted by atomic mass is 9.93. The maximum atomic E-state index is 15.3. The minimum absolute atomic E-state index is 0.245. The van der Waals surface area contributed by atoms with Crippen LogP contribution in [0.2, 0.25) is 0 Å². The van der Waals surface area contributed by atoms with Crippen molar-refractivity contribution in [1.29, 1.82) is 0 Å². The number of H-pyrrole nitrogens is 1. The molecule has 5 nitrogen and oxygen atoms in total. The lowest BCUT2D eigenvalue weighted by Gasteiger charge is -2.36. The Kier molecular flexibility index (Phi) is 5.40. The molecular weight excluding hydrogens is 393 g/mol. The van der Waals surface area contributed by atoms with Crippen LogP contribution in [0.1, 0.15) is 36.3 Å². The minimum atomic E-state index is -1.27. The Balaban J connectivity index is 1.08. The fourth-order valence-corrected chi connectivity index (χ4v) is 4.56. The van der Waals surface area contributed by atoms with E-state index in [4.69, 9.17) is 4.74 Å². The summed E-state index contributed by atoms with van der Waals surface area (Å²) in [6, 6.07) is 18.2. The number of halogens is 1. The van der Waals surface area contributed by atoms with Crippen LogP contribution in [0.3, 0.4) is 0 Å². The van der Waals surface area contributed by atoms with Crippen molar-refractivity contribution in [1.82, 2.24) is 15.2 Å². The molecule has 0 spiro atoms. The van der Waals surface area contributed by atoms with E-state index in [0.29, 0.717) is 44.4 Å². The number of para-hydroxylation sites is 1. The fourth-order valence-electron chi connectivity index (χ4n) is 4.56. The number of fused-ring (bicyclic) bond motifs is 1. The first kappa shape index (κ1) is 20.1. The molecule has 1 saturated heterocycles. The van der Waals surface area contributed by atoms with Gasteiger partial charge < -0.3 is 19.9 Å². The Morgan fingerprint density at radius 3 is 2.68 bits per heavy atom. The number of hydrogen-bond donors (Lipinski definition) is 2. The number of nitrogens with one attached hydrogen (secondary N) is 2. The highest BCUT2D eigenvalue weighted by atomic mass is 19.1. The van der Waals surface area contributed by atoms with Crippen LogP contribution in [-0.4, -0.2) is 47.3 Å². The molecule has 2 aliphatic rings. The van der Waals surface area contributed by atoms with E-state index in [9.17, 15) is 4.79 Å². The number of ether oxygens (including phenoxy) is 1. The van der Waals surface area contributed by atoms with Gasteiger partial charge in [0, 0.05) is 61.5 Å². The highest BCUT2D eigenvalue weighted by molar-refractivity contribution is 5.84. The van der Waals surface area contributed by atoms with Crippen LogP contribution >= 0.6 is 0 Å². The monoisotopic (exact) mass is 421 g/mol. The Morgan fingerprint density at radius 2 is 1.87 bits per heavy atom. The summed E-state index contributed by atoms with van der Waals surface area (Å²) in [7, 11) is 0. The summed E-state index contributed by atoms with van der Waals surface area (Å²) < 4.78 is 20.7. The van der Waals surface area contributed by atoms with Gasteiger partial charge in [-0.3, -0.25) is 0 Å². The van der Waals surface area contributed by atoms with E-state index in [2.05, 4.69) is 34.7 Å². The molecule has 2 N–H and O–H groups in total. The molecule has 0 radical (unpaired) electrons. The second kappa shape index (κ2) is 8.35. The molecule has 1 saturated carbocycles. The summed E-state index contributed by atoms with van der Waals surface area (Å²) >= 11 is 0. The molecule has 162 valence electrons. The van der Waals surface area contributed by atoms with Crippen molar-refractivity contribution >= 4 is 17.0 Å². The molecule has 1 amide bonds. The molecule has 1 aliphatic heterocycles. The van der Waals surface area contributed by atoms with Gasteiger partial charge in [0.2, 0.25) is 0 Å². The SMILES string of the molecule is O=C(OCc1ccccc1)N1CCC(F)(CN[C@@H]2C[C@H]2c2c[nH]c3ccccc23)CC1. The number of nitrogens with zero attached hydrogens (tertiary/aromatic N) is 1. The Bertz CT molecular complexity index is 1040. The molecule has 3 aromatic rings. The zero-order chi connectivity index (χ0) is 21.3. The average Bonchev–Trinajstić information content (AvgIpc) is 3.46. The van der Waals surface area contributed by atoms with Gasteiger partial charge >= 0.3 is 6.09 Å². The van der Waals surface area contributed by atoms with Gasteiger partial charge in [0.05, 0.1) is 0 Å². The van der Waals surface area contributed by atoms with Crippen LogP contribution in [0.5, 0.6) is 0 Å². The van der Waals surface area contributed by atoms with Crippen LogP contribution in [0.25, 0.3) is 10.9 Å². The van der Waals surface area contributed by atoms with E-state index >= 15 is 4.39 Å². The van der Waals surface area contributed by atoms with Gasteiger partial charge in [0.1, 0.15) is 12.3 Å². The highest BCUT2D eigenvalue weighted by Gasteiger charge is 2.43. The number of carbonyl (C=O) groups is 1. The number of benzene rings is 2. The first-order chi connectivity index (χ1) is 15.1. The number of alkyl halides is 1. The third kappa shape index (κ3) is 4.44. The average molecular weight is 422 g/mol. The van der Waals surface area contributed by atoms with Crippen molar-refractivity contribution in [2.75, 3.05) is 19.6 Å². The van der Waals surface area contributed by atoms with E-state index in [0.717, 1.165) is 17.5 Å². The largest absolute Gasteiger partial charge is 0.445 e. The number of piperidine rings is 1. The van der Waals surface area contributed by atoms with E-state index in [1.807, 2.05) is 36.4 Å². The first-order valence-corrected chi connectivity index (χ1v) is 11.1. The van der Waals surface area contributed by atoms with Gasteiger partial charge in [0.25, 0.3) is 0 Å². The summed E-state index contributed by atoms with van der Waals surface area (Å²) in [5.74, 6) is 0.438. The van der Waals surface area contributed by atoms with Crippen LogP contribution in [0.15, 0.2) is 60.8 Å². The van der Waals surface area contributed by atoms with Crippen LogP contribution in [0.4, 0.5) is 9.18 Å². The number of hydrogen-bond acceptors (Lipinski definition) is 3. The van der Waals surface area contributed by atoms with Crippen molar-refractivity contribution < 1.29 is 13.9 Å². The van der Waals surface area contributed by atoms with E-state index < -0.39 is 5.67 Å². The number of aromatic nitrogens is 1. The highest BCUT2D eigenvalue weighted by Crippen LogP contribution is 2.44. The van der Waals surface area contributed by atoms with Crippen molar-refractivity contribution in [3.05, 3.63) is 71.9 Å². The number of aromatic amines is 1. The molecule has 2 fully saturated rings. The lowest BCUT2D eigenvalue weighted by Crippen LogP contribution is -2.49. The predicted molar refractivity (Wildman–Crippen MR) is 119 cm³/mol. The van der Waals surface area contributed by atoms with E-state index in [-0.39, 0.29) is 12.7 Å². The number of rotatable bonds is 6. The Labute approximate surface area is 181 Å². The van der Waals surface area contributed by atoms with Gasteiger partial charge in [-0.2, -0.15) is 0 Å². The van der Waals surface area contributed by atoms with Gasteiger partial charge in [-0.05, 0) is 23.6 Å². The smallest absolute Gasteiger partial charge is 0.410 e. The maximum absolute atomic E-state index is 15.3. The first-order valence-electron chi connectivity index (χ1n) is 11.1. The summed E-state index contributed by atoms with van der Waals surface area (Å²) in [4.78, 5) is 17.2. The summed E-state index contributed by atoms with van der Waals surface area (Å²) in [6.07, 6.45) is 3.44. The molecule has 2 heterocycles. The van der Waals surface area contributed by atoms with Gasteiger partial charge in [0.15, 0.2) is 0 Å². The second-order valence-corrected chi connectivity index (χ2v) is 8.80. The molecule has 0 unspecified atom stereocenters. The lowest BCUT2D eigenvalue weighted by molar-refractivity contribution is 0.0408. The number of carbonyl (C=O) groups excluding carboxylic acids is 1. The molecule has 31 heavy (non-hydrogen) atoms. The predicted octanol–water partition coefficient (Wildman–Crippen LogP) is 4.75. The van der Waals surface area contributed by atoms with E-state index in [1.54, 1.807) is 4.90 Å². The van der Waals surface area contributed by atoms with Crippen molar-refractivity contribution in [3.63, 3.8) is 0 Å². The van der Waals surface area contributed by atoms with Crippen molar-refractivity contribution in [2.24, 2.45) is 0 Å². The van der Waals surface area contributed by atoms with Crippen LogP contribution in [0, 0.1) is 0 Å². The standard InChI is InChI=1S/C25H28FN3O2/c26-25(10-12-29(13-11-25)24(30)31-16-18-6-2-1-3-7-18)17-28-23-14-20(23)21-15-27-22-9-5-4-8-19(21)22/h1-9,15,20,23,27-28H,10-14,16-17H2/t20-,23+/m0/s1. The summed E-state index contributed by atoms with van der Waals surface area (Å²) in [6.45, 7) is 1.36. The summed E-state index contributed by atoms with van der Waals surface area (Å²) in [5.41, 5.74) is 2.14. The van der Waals surface area contributed by atoms with Crippen LogP contribution < -0.4 is 5.32 Å². The minimum Gasteiger partial charge on any atom is -0.445 e.